The maximum absolute atomic E-state index is 12.4. The Balaban J connectivity index is 4.35. The minimum atomic E-state index is -0.553. The largest absolute Gasteiger partial charge is 0.481 e. The number of unbranched alkanes of at least 4 members (excludes halogenated alkanes) is 21. The molecule has 0 aromatic heterocycles. The topological polar surface area (TPSA) is 98.1 Å². The van der Waals surface area contributed by atoms with Gasteiger partial charge in [0.15, 0.2) is 0 Å². The van der Waals surface area contributed by atoms with Crippen molar-refractivity contribution < 1.29 is 24.9 Å². The average Bonchev–Trinajstić information content (AvgIpc) is 3.13. The zero-order valence-corrected chi connectivity index (χ0v) is 35.5. The fourth-order valence-corrected chi connectivity index (χ4v) is 8.35. The maximum Gasteiger partial charge on any atom is 0.309 e. The predicted molar refractivity (Wildman–Crippen MR) is 223 cm³/mol. The summed E-state index contributed by atoms with van der Waals surface area (Å²) in [5, 5.41) is 29.7. The summed E-state index contributed by atoms with van der Waals surface area (Å²) in [4.78, 5) is 27.4. The number of nitrogens with zero attached hydrogens (tertiary/aromatic N) is 1. The van der Waals surface area contributed by atoms with E-state index >= 15 is 0 Å². The van der Waals surface area contributed by atoms with Gasteiger partial charge in [-0.3, -0.25) is 9.59 Å². The number of aliphatic hydroxyl groups is 1. The van der Waals surface area contributed by atoms with Gasteiger partial charge in [0.2, 0.25) is 0 Å². The van der Waals surface area contributed by atoms with Crippen molar-refractivity contribution in [2.75, 3.05) is 26.2 Å². The molecule has 2 atom stereocenters. The number of aliphatic carboxylic acids is 2. The van der Waals surface area contributed by atoms with Gasteiger partial charge in [0, 0.05) is 6.61 Å². The van der Waals surface area contributed by atoms with E-state index in [2.05, 4.69) is 32.6 Å². The molecule has 0 rings (SSSR count). The Kier molecular flexibility index (Phi) is 34.8. The van der Waals surface area contributed by atoms with Crippen molar-refractivity contribution in [3.63, 3.8) is 0 Å². The lowest BCUT2D eigenvalue weighted by Gasteiger charge is -2.30. The van der Waals surface area contributed by atoms with Crippen LogP contribution in [0.3, 0.4) is 0 Å². The van der Waals surface area contributed by atoms with Crippen LogP contribution in [0.1, 0.15) is 246 Å². The molecule has 2 unspecified atom stereocenters. The minimum absolute atomic E-state index is 0.282. The molecule has 0 fully saturated rings. The Morgan fingerprint density at radius 2 is 0.615 bits per heavy atom. The number of rotatable bonds is 42. The summed E-state index contributed by atoms with van der Waals surface area (Å²) in [6.45, 7) is 12.4. The van der Waals surface area contributed by atoms with Crippen LogP contribution >= 0.6 is 0 Å². The summed E-state index contributed by atoms with van der Waals surface area (Å²) < 4.78 is 0. The van der Waals surface area contributed by atoms with Gasteiger partial charge < -0.3 is 20.2 Å². The Hall–Kier alpha value is -1.14. The highest BCUT2D eigenvalue weighted by Crippen LogP contribution is 2.39. The van der Waals surface area contributed by atoms with Crippen LogP contribution in [-0.4, -0.2) is 58.4 Å². The highest BCUT2D eigenvalue weighted by atomic mass is 16.4. The molecule has 3 N–H and O–H groups in total. The Labute approximate surface area is 324 Å². The SMILES string of the molecule is CCCCCCC(CCCC)(CCCCCCCCCN(CCCCO)CCCCCCCCCC(CCCC)(CCCCCC)C(=O)O)C(=O)O. The van der Waals surface area contributed by atoms with Gasteiger partial charge in [0.25, 0.3) is 0 Å². The van der Waals surface area contributed by atoms with Gasteiger partial charge in [-0.05, 0) is 83.8 Å². The molecule has 0 aromatic rings. The van der Waals surface area contributed by atoms with Crippen LogP contribution in [0.4, 0.5) is 0 Å². The summed E-state index contributed by atoms with van der Waals surface area (Å²) in [5.41, 5.74) is -0.998. The summed E-state index contributed by atoms with van der Waals surface area (Å²) in [6.07, 6.45) is 37.4. The Bertz CT molecular complexity index is 746. The van der Waals surface area contributed by atoms with Crippen LogP contribution in [0.2, 0.25) is 0 Å². The van der Waals surface area contributed by atoms with Gasteiger partial charge in [0.05, 0.1) is 10.8 Å². The van der Waals surface area contributed by atoms with E-state index in [4.69, 9.17) is 0 Å². The van der Waals surface area contributed by atoms with Crippen molar-refractivity contribution in [3.05, 3.63) is 0 Å². The van der Waals surface area contributed by atoms with Gasteiger partial charge >= 0.3 is 11.9 Å². The second-order valence-electron chi connectivity index (χ2n) is 16.7. The first-order chi connectivity index (χ1) is 25.3. The van der Waals surface area contributed by atoms with Crippen LogP contribution in [0.15, 0.2) is 0 Å². The Morgan fingerprint density at radius 1 is 0.365 bits per heavy atom. The molecule has 52 heavy (non-hydrogen) atoms. The van der Waals surface area contributed by atoms with Crippen molar-refractivity contribution in [1.82, 2.24) is 4.90 Å². The summed E-state index contributed by atoms with van der Waals surface area (Å²) in [6, 6.07) is 0. The number of carboxylic acids is 2. The average molecular weight is 738 g/mol. The van der Waals surface area contributed by atoms with E-state index in [1.807, 2.05) is 0 Å². The van der Waals surface area contributed by atoms with Crippen LogP contribution in [0.5, 0.6) is 0 Å². The molecule has 0 saturated carbocycles. The van der Waals surface area contributed by atoms with Gasteiger partial charge in [0.1, 0.15) is 0 Å². The first-order valence-corrected chi connectivity index (χ1v) is 23.1. The number of hydrogen-bond donors (Lipinski definition) is 3. The highest BCUT2D eigenvalue weighted by molar-refractivity contribution is 5.75. The Morgan fingerprint density at radius 3 is 0.904 bits per heavy atom. The standard InChI is InChI=1S/C46H91NO5/c1-5-9-13-25-35-45(43(49)50,33-11-7-3)37-27-21-17-15-19-23-29-39-47(41-31-32-42-48)40-30-24-20-16-18-22-28-38-46(44(51)52,34-12-8-4)36-26-14-10-6-2/h48H,5-42H2,1-4H3,(H,49,50)(H,51,52). The van der Waals surface area contributed by atoms with Crippen molar-refractivity contribution in [1.29, 1.82) is 0 Å². The third-order valence-electron chi connectivity index (χ3n) is 12.1. The van der Waals surface area contributed by atoms with Gasteiger partial charge in [-0.2, -0.15) is 0 Å². The fraction of sp³-hybridized carbons (Fsp3) is 0.957. The summed E-state index contributed by atoms with van der Waals surface area (Å²) in [7, 11) is 0. The van der Waals surface area contributed by atoms with Crippen molar-refractivity contribution in [2.24, 2.45) is 10.8 Å². The van der Waals surface area contributed by atoms with Crippen molar-refractivity contribution >= 4 is 11.9 Å². The zero-order valence-electron chi connectivity index (χ0n) is 35.5. The molecule has 0 radical (unpaired) electrons. The monoisotopic (exact) mass is 738 g/mol. The lowest BCUT2D eigenvalue weighted by molar-refractivity contribution is -0.151. The smallest absolute Gasteiger partial charge is 0.309 e. The molecule has 0 aliphatic carbocycles. The number of carboxylic acid groups (broad SMARTS) is 2. The van der Waals surface area contributed by atoms with Gasteiger partial charge in [-0.1, -0.05) is 182 Å². The second kappa shape index (κ2) is 35.6. The molecule has 0 aliphatic rings. The third-order valence-corrected chi connectivity index (χ3v) is 12.1. The quantitative estimate of drug-likeness (QED) is 0.0540. The molecule has 0 aromatic carbocycles. The third kappa shape index (κ3) is 25.8. The van der Waals surface area contributed by atoms with Crippen LogP contribution in [-0.2, 0) is 9.59 Å². The van der Waals surface area contributed by atoms with Crippen LogP contribution in [0, 0.1) is 10.8 Å². The molecule has 0 aliphatic heterocycles. The maximum atomic E-state index is 12.4. The minimum Gasteiger partial charge on any atom is -0.481 e. The van der Waals surface area contributed by atoms with E-state index in [9.17, 15) is 24.9 Å². The molecular formula is C46H91NO5. The molecule has 0 saturated heterocycles. The normalized spacial score (nSPS) is 14.1. The lowest BCUT2D eigenvalue weighted by atomic mass is 9.74. The molecule has 0 heterocycles. The molecule has 0 amide bonds. The van der Waals surface area contributed by atoms with E-state index in [1.54, 1.807) is 0 Å². The molecule has 0 spiro atoms. The number of carbonyl (C=O) groups is 2. The van der Waals surface area contributed by atoms with E-state index in [0.717, 1.165) is 148 Å². The number of aliphatic hydroxyl groups excluding tert-OH is 1. The van der Waals surface area contributed by atoms with Gasteiger partial charge in [-0.25, -0.2) is 0 Å². The van der Waals surface area contributed by atoms with E-state index in [0.29, 0.717) is 0 Å². The lowest BCUT2D eigenvalue weighted by Crippen LogP contribution is -2.31. The summed E-state index contributed by atoms with van der Waals surface area (Å²) >= 11 is 0. The number of hydrogen-bond acceptors (Lipinski definition) is 4. The van der Waals surface area contributed by atoms with E-state index < -0.39 is 22.8 Å². The van der Waals surface area contributed by atoms with E-state index in [-0.39, 0.29) is 6.61 Å². The fourth-order valence-electron chi connectivity index (χ4n) is 8.35. The predicted octanol–water partition coefficient (Wildman–Crippen LogP) is 13.8. The molecule has 310 valence electrons. The van der Waals surface area contributed by atoms with Crippen molar-refractivity contribution in [2.45, 2.75) is 246 Å². The second-order valence-corrected chi connectivity index (χ2v) is 16.7. The summed E-state index contributed by atoms with van der Waals surface area (Å²) in [5.74, 6) is -1.11. The zero-order chi connectivity index (χ0) is 38.6. The first kappa shape index (κ1) is 50.9. The van der Waals surface area contributed by atoms with Crippen LogP contribution in [0.25, 0.3) is 0 Å². The van der Waals surface area contributed by atoms with Crippen molar-refractivity contribution in [3.8, 4) is 0 Å². The molecule has 6 nitrogen and oxygen atoms in total. The van der Waals surface area contributed by atoms with E-state index in [1.165, 1.54) is 89.9 Å². The van der Waals surface area contributed by atoms with Crippen LogP contribution < -0.4 is 0 Å². The highest BCUT2D eigenvalue weighted by Gasteiger charge is 2.37. The molecule has 6 heteroatoms. The molecular weight excluding hydrogens is 647 g/mol. The van der Waals surface area contributed by atoms with Gasteiger partial charge in [-0.15, -0.1) is 0 Å². The first-order valence-electron chi connectivity index (χ1n) is 23.1. The molecule has 0 bridgehead atoms.